The minimum Gasteiger partial charge on any atom is -0.485 e. The molecule has 4 heteroatoms. The summed E-state index contributed by atoms with van der Waals surface area (Å²) in [5.41, 5.74) is 3.50. The molecule has 2 aromatic rings. The molecule has 2 aromatic carbocycles. The van der Waals surface area contributed by atoms with E-state index in [9.17, 15) is 4.79 Å². The van der Waals surface area contributed by atoms with Crippen LogP contribution in [0, 0.1) is 13.8 Å². The zero-order valence-electron chi connectivity index (χ0n) is 13.6. The molecular formula is C19H21NO3. The summed E-state index contributed by atoms with van der Waals surface area (Å²) in [6.07, 6.45) is -0.627. The fourth-order valence-corrected chi connectivity index (χ4v) is 2.84. The highest BCUT2D eigenvalue weighted by atomic mass is 16.6. The number of rotatable bonds is 3. The molecule has 2 atom stereocenters. The van der Waals surface area contributed by atoms with E-state index >= 15 is 0 Å². The van der Waals surface area contributed by atoms with E-state index in [1.165, 1.54) is 11.1 Å². The Morgan fingerprint density at radius 1 is 1.17 bits per heavy atom. The summed E-state index contributed by atoms with van der Waals surface area (Å²) in [5.74, 6) is 1.13. The van der Waals surface area contributed by atoms with Crippen LogP contribution in [0.1, 0.15) is 29.7 Å². The maximum Gasteiger partial charge on any atom is 0.265 e. The number of carbonyl (C=O) groups excluding carboxylic acids is 1. The number of benzene rings is 2. The van der Waals surface area contributed by atoms with Gasteiger partial charge in [-0.2, -0.15) is 0 Å². The van der Waals surface area contributed by atoms with Crippen LogP contribution in [0.4, 0.5) is 0 Å². The van der Waals surface area contributed by atoms with E-state index in [1.54, 1.807) is 0 Å². The molecule has 0 fully saturated rings. The molecule has 23 heavy (non-hydrogen) atoms. The summed E-state index contributed by atoms with van der Waals surface area (Å²) >= 11 is 0. The van der Waals surface area contributed by atoms with Gasteiger partial charge in [0.05, 0.1) is 6.04 Å². The molecule has 1 N–H and O–H groups in total. The number of hydrogen-bond acceptors (Lipinski definition) is 3. The monoisotopic (exact) mass is 311 g/mol. The van der Waals surface area contributed by atoms with E-state index in [2.05, 4.69) is 37.4 Å². The number of fused-ring (bicyclic) bond motifs is 1. The van der Waals surface area contributed by atoms with Crippen molar-refractivity contribution in [1.82, 2.24) is 5.32 Å². The first-order valence-electron chi connectivity index (χ1n) is 7.80. The van der Waals surface area contributed by atoms with Gasteiger partial charge >= 0.3 is 0 Å². The summed E-state index contributed by atoms with van der Waals surface area (Å²) in [6, 6.07) is 13.5. The molecule has 0 aliphatic carbocycles. The second-order valence-corrected chi connectivity index (χ2v) is 5.95. The second kappa shape index (κ2) is 6.32. The zero-order valence-corrected chi connectivity index (χ0v) is 13.6. The number of hydrogen-bond donors (Lipinski definition) is 1. The second-order valence-electron chi connectivity index (χ2n) is 5.95. The number of aryl methyl sites for hydroxylation is 2. The number of amides is 1. The van der Waals surface area contributed by atoms with Crippen molar-refractivity contribution in [3.63, 3.8) is 0 Å². The standard InChI is InChI=1S/C19H21NO3/c1-12-8-9-15(13(2)10-12)14(3)20-19(21)18-11-22-16-6-4-5-7-17(16)23-18/h4-10,14,18H,11H2,1-3H3,(H,20,21)/t14-,18-/m1/s1. The van der Waals surface area contributed by atoms with Gasteiger partial charge in [0.2, 0.25) is 6.10 Å². The summed E-state index contributed by atoms with van der Waals surface area (Å²) in [4.78, 5) is 12.5. The van der Waals surface area contributed by atoms with Gasteiger partial charge in [0.15, 0.2) is 11.5 Å². The number of ether oxygens (including phenoxy) is 2. The van der Waals surface area contributed by atoms with E-state index < -0.39 is 6.10 Å². The Morgan fingerprint density at radius 2 is 1.91 bits per heavy atom. The molecule has 120 valence electrons. The highest BCUT2D eigenvalue weighted by Crippen LogP contribution is 2.31. The minimum absolute atomic E-state index is 0.0797. The molecule has 0 spiro atoms. The topological polar surface area (TPSA) is 47.6 Å². The number of nitrogens with one attached hydrogen (secondary N) is 1. The first-order chi connectivity index (χ1) is 11.0. The Bertz CT molecular complexity index is 726. The Hall–Kier alpha value is -2.49. The van der Waals surface area contributed by atoms with Crippen molar-refractivity contribution in [3.05, 3.63) is 59.2 Å². The fraction of sp³-hybridized carbons (Fsp3) is 0.316. The van der Waals surface area contributed by atoms with Crippen LogP contribution in [0.3, 0.4) is 0 Å². The normalized spacial score (nSPS) is 17.4. The van der Waals surface area contributed by atoms with Crippen LogP contribution in [0.5, 0.6) is 11.5 Å². The van der Waals surface area contributed by atoms with Crippen LogP contribution in [-0.4, -0.2) is 18.6 Å². The lowest BCUT2D eigenvalue weighted by atomic mass is 10.00. The van der Waals surface area contributed by atoms with Gasteiger partial charge in [-0.1, -0.05) is 35.9 Å². The predicted octanol–water partition coefficient (Wildman–Crippen LogP) is 3.32. The van der Waals surface area contributed by atoms with Crippen LogP contribution < -0.4 is 14.8 Å². The van der Waals surface area contributed by atoms with Crippen molar-refractivity contribution in [2.24, 2.45) is 0 Å². The van der Waals surface area contributed by atoms with E-state index in [-0.39, 0.29) is 18.6 Å². The molecule has 1 aliphatic rings. The van der Waals surface area contributed by atoms with Crippen molar-refractivity contribution in [1.29, 1.82) is 0 Å². The lowest BCUT2D eigenvalue weighted by Gasteiger charge is -2.27. The van der Waals surface area contributed by atoms with Crippen molar-refractivity contribution in [2.45, 2.75) is 32.9 Å². The molecule has 1 aliphatic heterocycles. The van der Waals surface area contributed by atoms with Gasteiger partial charge in [-0.05, 0) is 44.0 Å². The van der Waals surface area contributed by atoms with Crippen LogP contribution in [0.25, 0.3) is 0 Å². The quantitative estimate of drug-likeness (QED) is 0.946. The zero-order chi connectivity index (χ0) is 16.4. The third-order valence-electron chi connectivity index (χ3n) is 4.05. The van der Waals surface area contributed by atoms with Gasteiger partial charge < -0.3 is 14.8 Å². The Morgan fingerprint density at radius 3 is 2.65 bits per heavy atom. The van der Waals surface area contributed by atoms with Crippen molar-refractivity contribution >= 4 is 5.91 Å². The number of para-hydroxylation sites is 2. The van der Waals surface area contributed by atoms with Crippen molar-refractivity contribution in [2.75, 3.05) is 6.61 Å². The molecule has 1 heterocycles. The third-order valence-corrected chi connectivity index (χ3v) is 4.05. The highest BCUT2D eigenvalue weighted by molar-refractivity contribution is 5.82. The van der Waals surface area contributed by atoms with Crippen LogP contribution in [-0.2, 0) is 4.79 Å². The Labute approximate surface area is 136 Å². The van der Waals surface area contributed by atoms with Gasteiger partial charge in [0.1, 0.15) is 6.61 Å². The van der Waals surface area contributed by atoms with Gasteiger partial charge in [0, 0.05) is 0 Å². The Balaban J connectivity index is 1.68. The maximum absolute atomic E-state index is 12.5. The van der Waals surface area contributed by atoms with Gasteiger partial charge in [-0.3, -0.25) is 4.79 Å². The molecule has 0 aromatic heterocycles. The van der Waals surface area contributed by atoms with E-state index in [4.69, 9.17) is 9.47 Å². The lowest BCUT2D eigenvalue weighted by Crippen LogP contribution is -2.44. The average Bonchev–Trinajstić information content (AvgIpc) is 2.54. The molecular weight excluding hydrogens is 290 g/mol. The Kier molecular flexibility index (Phi) is 4.24. The van der Waals surface area contributed by atoms with Crippen LogP contribution in [0.2, 0.25) is 0 Å². The highest BCUT2D eigenvalue weighted by Gasteiger charge is 2.28. The molecule has 4 nitrogen and oxygen atoms in total. The van der Waals surface area contributed by atoms with Gasteiger partial charge in [0.25, 0.3) is 5.91 Å². The van der Waals surface area contributed by atoms with Crippen molar-refractivity contribution in [3.8, 4) is 11.5 Å². The molecule has 3 rings (SSSR count). The fourth-order valence-electron chi connectivity index (χ4n) is 2.84. The van der Waals surface area contributed by atoms with Crippen molar-refractivity contribution < 1.29 is 14.3 Å². The summed E-state index contributed by atoms with van der Waals surface area (Å²) in [7, 11) is 0. The van der Waals surface area contributed by atoms with Gasteiger partial charge in [-0.15, -0.1) is 0 Å². The molecule has 1 amide bonds. The van der Waals surface area contributed by atoms with Gasteiger partial charge in [-0.25, -0.2) is 0 Å². The van der Waals surface area contributed by atoms with Crippen LogP contribution in [0.15, 0.2) is 42.5 Å². The minimum atomic E-state index is -0.627. The molecule has 0 bridgehead atoms. The summed E-state index contributed by atoms with van der Waals surface area (Å²) in [6.45, 7) is 6.32. The van der Waals surface area contributed by atoms with Crippen LogP contribution >= 0.6 is 0 Å². The maximum atomic E-state index is 12.5. The third kappa shape index (κ3) is 3.31. The first-order valence-corrected chi connectivity index (χ1v) is 7.80. The summed E-state index contributed by atoms with van der Waals surface area (Å²) in [5, 5.41) is 3.01. The summed E-state index contributed by atoms with van der Waals surface area (Å²) < 4.78 is 11.3. The number of carbonyl (C=O) groups is 1. The van der Waals surface area contributed by atoms with E-state index in [0.29, 0.717) is 11.5 Å². The smallest absolute Gasteiger partial charge is 0.265 e. The average molecular weight is 311 g/mol. The SMILES string of the molecule is Cc1ccc([C@@H](C)NC(=O)[C@H]2COc3ccccc3O2)c(C)c1. The molecule has 0 unspecified atom stereocenters. The molecule has 0 saturated carbocycles. The lowest BCUT2D eigenvalue weighted by molar-refractivity contribution is -0.131. The largest absolute Gasteiger partial charge is 0.485 e. The first kappa shape index (κ1) is 15.4. The van der Waals surface area contributed by atoms with E-state index in [0.717, 1.165) is 5.56 Å². The van der Waals surface area contributed by atoms with E-state index in [1.807, 2.05) is 31.2 Å². The molecule has 0 radical (unpaired) electrons. The predicted molar refractivity (Wildman–Crippen MR) is 88.8 cm³/mol. The molecule has 0 saturated heterocycles.